The lowest BCUT2D eigenvalue weighted by Gasteiger charge is -2.23. The van der Waals surface area contributed by atoms with Crippen LogP contribution in [0, 0.1) is 5.41 Å². The highest BCUT2D eigenvalue weighted by Crippen LogP contribution is 2.30. The van der Waals surface area contributed by atoms with Crippen molar-refractivity contribution in [3.8, 4) is 0 Å². The minimum absolute atomic E-state index is 0.0386. The second-order valence-electron chi connectivity index (χ2n) is 8.68. The van der Waals surface area contributed by atoms with E-state index in [1.54, 1.807) is 42.5 Å². The summed E-state index contributed by atoms with van der Waals surface area (Å²) >= 11 is 1.47. The van der Waals surface area contributed by atoms with Crippen LogP contribution in [-0.4, -0.2) is 46.4 Å². The molecule has 0 fully saturated rings. The highest BCUT2D eigenvalue weighted by atomic mass is 32.2. The van der Waals surface area contributed by atoms with E-state index in [1.165, 1.54) is 23.6 Å². The standard InChI is InChI=1S/C26H24N6O4S2/c1-31-20-10-7-17(14-19(20)30-23(31)12-9-18-8-11-21(37-18)26(27)28)32(15-24(33)34)38(35,36)22-6-2-4-16-5-3-13-29-25(16)22/h2-8,10-11,13-14H,9,12,15H2,1H3,(H3,27,28)(H,33,34). The van der Waals surface area contributed by atoms with Crippen LogP contribution in [0.4, 0.5) is 5.69 Å². The zero-order valence-corrected chi connectivity index (χ0v) is 22.0. The molecule has 3 aromatic heterocycles. The number of aryl methyl sites for hydroxylation is 3. The highest BCUT2D eigenvalue weighted by molar-refractivity contribution is 7.93. The van der Waals surface area contributed by atoms with Crippen molar-refractivity contribution in [2.75, 3.05) is 10.8 Å². The largest absolute Gasteiger partial charge is 0.480 e. The molecule has 12 heteroatoms. The quantitative estimate of drug-likeness (QED) is 0.188. The van der Waals surface area contributed by atoms with E-state index in [4.69, 9.17) is 16.1 Å². The molecule has 0 amide bonds. The molecule has 0 radical (unpaired) electrons. The Balaban J connectivity index is 1.51. The number of para-hydroxylation sites is 1. The summed E-state index contributed by atoms with van der Waals surface area (Å²) in [5.41, 5.74) is 7.37. The third-order valence-corrected chi connectivity index (χ3v) is 9.19. The number of carboxylic acids is 1. The number of nitrogens with two attached hydrogens (primary N) is 1. The molecule has 0 bridgehead atoms. The van der Waals surface area contributed by atoms with E-state index in [-0.39, 0.29) is 21.9 Å². The minimum atomic E-state index is -4.27. The van der Waals surface area contributed by atoms with Gasteiger partial charge in [-0.2, -0.15) is 0 Å². The predicted octanol–water partition coefficient (Wildman–Crippen LogP) is 3.53. The van der Waals surface area contributed by atoms with Gasteiger partial charge in [-0.3, -0.25) is 19.5 Å². The summed E-state index contributed by atoms with van der Waals surface area (Å²) in [6, 6.07) is 16.9. The summed E-state index contributed by atoms with van der Waals surface area (Å²) in [7, 11) is -2.39. The number of fused-ring (bicyclic) bond motifs is 2. The number of amidine groups is 1. The number of nitrogens with one attached hydrogen (secondary N) is 1. The smallest absolute Gasteiger partial charge is 0.324 e. The molecular weight excluding hydrogens is 524 g/mol. The SMILES string of the molecule is Cn1c(CCc2ccc(C(=N)N)s2)nc2cc(N(CC(=O)O)S(=O)(=O)c3cccc4cccnc34)ccc21. The normalized spacial score (nSPS) is 11.7. The summed E-state index contributed by atoms with van der Waals surface area (Å²) < 4.78 is 30.4. The zero-order valence-electron chi connectivity index (χ0n) is 20.3. The molecule has 0 unspecified atom stereocenters. The van der Waals surface area contributed by atoms with Crippen LogP contribution in [0.1, 0.15) is 15.6 Å². The number of anilines is 1. The van der Waals surface area contributed by atoms with Crippen LogP contribution in [0.5, 0.6) is 0 Å². The third kappa shape index (κ3) is 4.71. The number of rotatable bonds is 9. The first-order valence-electron chi connectivity index (χ1n) is 11.6. The van der Waals surface area contributed by atoms with Gasteiger partial charge in [-0.25, -0.2) is 13.4 Å². The molecule has 10 nitrogen and oxygen atoms in total. The molecule has 0 aliphatic heterocycles. The Morgan fingerprint density at radius 1 is 1.13 bits per heavy atom. The number of hydrogen-bond donors (Lipinski definition) is 3. The van der Waals surface area contributed by atoms with Gasteiger partial charge in [0.25, 0.3) is 10.0 Å². The molecule has 5 rings (SSSR count). The first kappa shape index (κ1) is 25.4. The van der Waals surface area contributed by atoms with Crippen LogP contribution in [0.2, 0.25) is 0 Å². The summed E-state index contributed by atoms with van der Waals surface area (Å²) in [5.74, 6) is -0.457. The van der Waals surface area contributed by atoms with Crippen LogP contribution >= 0.6 is 11.3 Å². The molecule has 0 spiro atoms. The Labute approximate surface area is 222 Å². The fourth-order valence-corrected chi connectivity index (χ4v) is 6.79. The molecule has 5 aromatic rings. The van der Waals surface area contributed by atoms with Gasteiger partial charge in [0.15, 0.2) is 0 Å². The van der Waals surface area contributed by atoms with Gasteiger partial charge in [0.1, 0.15) is 23.1 Å². The Morgan fingerprint density at radius 3 is 2.66 bits per heavy atom. The average Bonchev–Trinajstić information content (AvgIpc) is 3.50. The molecule has 0 aliphatic carbocycles. The van der Waals surface area contributed by atoms with Gasteiger partial charge in [0.2, 0.25) is 0 Å². The molecule has 0 aliphatic rings. The van der Waals surface area contributed by atoms with Crippen molar-refractivity contribution >= 4 is 60.8 Å². The van der Waals surface area contributed by atoms with Gasteiger partial charge in [0.05, 0.1) is 27.1 Å². The number of benzene rings is 2. The Bertz CT molecular complexity index is 1800. The maximum atomic E-state index is 13.8. The number of hydrogen-bond acceptors (Lipinski definition) is 7. The number of carbonyl (C=O) groups is 1. The second-order valence-corrected chi connectivity index (χ2v) is 11.7. The number of nitrogen functional groups attached to an aromatic ring is 1. The minimum Gasteiger partial charge on any atom is -0.480 e. The number of aliphatic carboxylic acids is 1. The van der Waals surface area contributed by atoms with Gasteiger partial charge in [0, 0.05) is 29.9 Å². The van der Waals surface area contributed by atoms with Crippen LogP contribution in [-0.2, 0) is 34.7 Å². The van der Waals surface area contributed by atoms with Gasteiger partial charge in [-0.1, -0.05) is 18.2 Å². The maximum Gasteiger partial charge on any atom is 0.324 e. The van der Waals surface area contributed by atoms with Crippen molar-refractivity contribution < 1.29 is 18.3 Å². The lowest BCUT2D eigenvalue weighted by atomic mass is 10.2. The number of thiophene rings is 1. The van der Waals surface area contributed by atoms with Gasteiger partial charge < -0.3 is 15.4 Å². The Morgan fingerprint density at radius 2 is 1.92 bits per heavy atom. The van der Waals surface area contributed by atoms with Crippen molar-refractivity contribution in [2.45, 2.75) is 17.7 Å². The average molecular weight is 549 g/mol. The second kappa shape index (κ2) is 9.88. The summed E-state index contributed by atoms with van der Waals surface area (Å²) in [4.78, 5) is 22.4. The number of nitrogens with zero attached hydrogens (tertiary/aromatic N) is 4. The van der Waals surface area contributed by atoms with Crippen molar-refractivity contribution in [3.63, 3.8) is 0 Å². The zero-order chi connectivity index (χ0) is 27.0. The molecule has 38 heavy (non-hydrogen) atoms. The first-order valence-corrected chi connectivity index (χ1v) is 13.9. The topological polar surface area (TPSA) is 155 Å². The fourth-order valence-electron chi connectivity index (χ4n) is 4.35. The molecular formula is C26H24N6O4S2. The van der Waals surface area contributed by atoms with Crippen LogP contribution in [0.3, 0.4) is 0 Å². The summed E-state index contributed by atoms with van der Waals surface area (Å²) in [6.07, 6.45) is 2.83. The van der Waals surface area contributed by atoms with Gasteiger partial charge in [-0.05, 0) is 48.9 Å². The maximum absolute atomic E-state index is 13.8. The van der Waals surface area contributed by atoms with E-state index in [0.717, 1.165) is 25.4 Å². The third-order valence-electron chi connectivity index (χ3n) is 6.21. The van der Waals surface area contributed by atoms with Crippen molar-refractivity contribution in [1.29, 1.82) is 5.41 Å². The number of sulfonamides is 1. The van der Waals surface area contributed by atoms with E-state index in [0.29, 0.717) is 23.7 Å². The van der Waals surface area contributed by atoms with E-state index in [9.17, 15) is 18.3 Å². The summed E-state index contributed by atoms with van der Waals surface area (Å²) in [6.45, 7) is -0.756. The Kier molecular flexibility index (Phi) is 6.59. The molecule has 4 N–H and O–H groups in total. The summed E-state index contributed by atoms with van der Waals surface area (Å²) in [5, 5.41) is 17.8. The fraction of sp³-hybridized carbons (Fsp3) is 0.154. The van der Waals surface area contributed by atoms with Crippen molar-refractivity contribution in [3.05, 3.63) is 82.4 Å². The first-order chi connectivity index (χ1) is 18.1. The number of pyridine rings is 1. The van der Waals surface area contributed by atoms with Gasteiger partial charge >= 0.3 is 5.97 Å². The van der Waals surface area contributed by atoms with Crippen LogP contribution in [0.15, 0.2) is 71.8 Å². The molecule has 2 aromatic carbocycles. The number of aromatic nitrogens is 3. The molecule has 0 atom stereocenters. The van der Waals surface area contributed by atoms with Gasteiger partial charge in [-0.15, -0.1) is 11.3 Å². The van der Waals surface area contributed by atoms with Crippen molar-refractivity contribution in [1.82, 2.24) is 14.5 Å². The predicted molar refractivity (Wildman–Crippen MR) is 147 cm³/mol. The highest BCUT2D eigenvalue weighted by Gasteiger charge is 2.29. The monoisotopic (exact) mass is 548 g/mol. The lowest BCUT2D eigenvalue weighted by Crippen LogP contribution is -2.36. The van der Waals surface area contributed by atoms with Crippen LogP contribution in [0.25, 0.3) is 21.9 Å². The number of imidazole rings is 1. The molecule has 0 saturated heterocycles. The number of carboxylic acid groups (broad SMARTS) is 1. The molecule has 0 saturated carbocycles. The molecule has 194 valence electrons. The van der Waals surface area contributed by atoms with E-state index in [2.05, 4.69) is 4.98 Å². The molecule has 3 heterocycles. The Hall–Kier alpha value is -4.29. The van der Waals surface area contributed by atoms with E-state index < -0.39 is 22.5 Å². The van der Waals surface area contributed by atoms with Crippen LogP contribution < -0.4 is 10.0 Å². The van der Waals surface area contributed by atoms with Crippen molar-refractivity contribution in [2.24, 2.45) is 12.8 Å². The van der Waals surface area contributed by atoms with E-state index in [1.807, 2.05) is 23.7 Å². The van der Waals surface area contributed by atoms with E-state index >= 15 is 0 Å². The lowest BCUT2D eigenvalue weighted by molar-refractivity contribution is -0.135.